The fraction of sp³-hybridized carbons (Fsp3) is 0.441. The number of ether oxygens (including phenoxy) is 2. The molecule has 0 aliphatic heterocycles. The number of carbonyl (C=O) groups is 1. The van der Waals surface area contributed by atoms with E-state index in [2.05, 4.69) is 19.9 Å². The van der Waals surface area contributed by atoms with Gasteiger partial charge in [0, 0.05) is 16.5 Å². The highest BCUT2D eigenvalue weighted by Gasteiger charge is 2.62. The topological polar surface area (TPSA) is 55.8 Å². The summed E-state index contributed by atoms with van der Waals surface area (Å²) in [6, 6.07) is 14.3. The molecule has 1 spiro atoms. The van der Waals surface area contributed by atoms with Gasteiger partial charge in [0.05, 0.1) is 13.0 Å². The lowest BCUT2D eigenvalue weighted by atomic mass is 9.75. The number of rotatable bonds is 7. The first kappa shape index (κ1) is 26.8. The van der Waals surface area contributed by atoms with Crippen molar-refractivity contribution in [1.29, 1.82) is 0 Å². The lowest BCUT2D eigenvalue weighted by Crippen LogP contribution is -2.23. The molecule has 0 radical (unpaired) electrons. The molecule has 3 aliphatic carbocycles. The molecule has 2 saturated carbocycles. The smallest absolute Gasteiger partial charge is 0.307 e. The highest BCUT2D eigenvalue weighted by Crippen LogP contribution is 2.61. The van der Waals surface area contributed by atoms with Crippen LogP contribution in [0.5, 0.6) is 11.5 Å². The number of aliphatic carboxylic acids is 1. The van der Waals surface area contributed by atoms with E-state index in [0.717, 1.165) is 54.4 Å². The van der Waals surface area contributed by atoms with Crippen molar-refractivity contribution >= 4 is 5.97 Å². The molecule has 0 aromatic heterocycles. The maximum Gasteiger partial charge on any atom is 0.307 e. The Morgan fingerprint density at radius 1 is 1.02 bits per heavy atom. The van der Waals surface area contributed by atoms with Gasteiger partial charge in [-0.3, -0.25) is 4.79 Å². The number of carboxylic acids is 1. The van der Waals surface area contributed by atoms with Crippen molar-refractivity contribution in [2.45, 2.75) is 76.7 Å². The Kier molecular flexibility index (Phi) is 6.63. The summed E-state index contributed by atoms with van der Waals surface area (Å²) in [7, 11) is 1.57. The Hall–Kier alpha value is -3.41. The van der Waals surface area contributed by atoms with Gasteiger partial charge >= 0.3 is 5.97 Å². The van der Waals surface area contributed by atoms with Gasteiger partial charge in [-0.05, 0) is 96.4 Å². The van der Waals surface area contributed by atoms with Crippen LogP contribution in [0.1, 0.15) is 80.5 Å². The third-order valence-electron chi connectivity index (χ3n) is 9.74. The minimum absolute atomic E-state index is 0.0629. The first-order valence-corrected chi connectivity index (χ1v) is 14.3. The zero-order valence-electron chi connectivity index (χ0n) is 23.4. The zero-order valence-corrected chi connectivity index (χ0v) is 23.4. The van der Waals surface area contributed by atoms with E-state index in [4.69, 9.17) is 9.47 Å². The van der Waals surface area contributed by atoms with Crippen LogP contribution in [0.4, 0.5) is 8.78 Å². The van der Waals surface area contributed by atoms with Crippen LogP contribution in [0.25, 0.3) is 11.1 Å². The second-order valence-corrected chi connectivity index (χ2v) is 12.5. The van der Waals surface area contributed by atoms with E-state index < -0.39 is 23.1 Å². The van der Waals surface area contributed by atoms with E-state index in [9.17, 15) is 9.90 Å². The number of hydrogen-bond acceptors (Lipinski definition) is 3. The quantitative estimate of drug-likeness (QED) is 0.325. The van der Waals surface area contributed by atoms with Crippen molar-refractivity contribution in [3.63, 3.8) is 0 Å². The molecule has 6 rings (SSSR count). The molecule has 0 amide bonds. The Balaban J connectivity index is 1.33. The minimum Gasteiger partial charge on any atom is -0.497 e. The highest BCUT2D eigenvalue weighted by molar-refractivity contribution is 5.78. The molecule has 3 aliphatic rings. The van der Waals surface area contributed by atoms with Gasteiger partial charge in [0.1, 0.15) is 18.2 Å². The van der Waals surface area contributed by atoms with Gasteiger partial charge in [-0.1, -0.05) is 44.5 Å². The number of carboxylic acid groups (broad SMARTS) is 1. The fourth-order valence-corrected chi connectivity index (χ4v) is 7.49. The number of hydrogen-bond donors (Lipinski definition) is 1. The van der Waals surface area contributed by atoms with Crippen LogP contribution in [0.15, 0.2) is 48.5 Å². The monoisotopic (exact) mass is 546 g/mol. The van der Waals surface area contributed by atoms with Gasteiger partial charge in [-0.15, -0.1) is 0 Å². The molecule has 40 heavy (non-hydrogen) atoms. The summed E-state index contributed by atoms with van der Waals surface area (Å²) in [5, 5.41) is 9.63. The first-order chi connectivity index (χ1) is 19.1. The summed E-state index contributed by atoms with van der Waals surface area (Å²) in [4.78, 5) is 11.7. The maximum atomic E-state index is 15.9. The number of methoxy groups -OCH3 is 1. The Bertz CT molecular complexity index is 1480. The minimum atomic E-state index is -0.853. The van der Waals surface area contributed by atoms with Gasteiger partial charge in [-0.25, -0.2) is 8.78 Å². The lowest BCUT2D eigenvalue weighted by molar-refractivity contribution is -0.139. The van der Waals surface area contributed by atoms with E-state index in [1.54, 1.807) is 25.3 Å². The third-order valence-corrected chi connectivity index (χ3v) is 9.74. The van der Waals surface area contributed by atoms with E-state index in [-0.39, 0.29) is 29.5 Å². The maximum absolute atomic E-state index is 15.9. The molecule has 3 atom stereocenters. The predicted octanol–water partition coefficient (Wildman–Crippen LogP) is 8.19. The molecular formula is C34H36F2O4. The van der Waals surface area contributed by atoms with E-state index in [1.807, 2.05) is 18.2 Å². The molecule has 3 aromatic carbocycles. The van der Waals surface area contributed by atoms with Crippen LogP contribution in [0, 0.1) is 23.0 Å². The Morgan fingerprint density at radius 2 is 1.85 bits per heavy atom. The molecular weight excluding hydrogens is 510 g/mol. The van der Waals surface area contributed by atoms with Crippen molar-refractivity contribution in [3.05, 3.63) is 82.4 Å². The van der Waals surface area contributed by atoms with Crippen molar-refractivity contribution < 1.29 is 28.2 Å². The van der Waals surface area contributed by atoms with Gasteiger partial charge in [0.15, 0.2) is 11.6 Å². The van der Waals surface area contributed by atoms with Crippen LogP contribution >= 0.6 is 0 Å². The van der Waals surface area contributed by atoms with Gasteiger partial charge in [0.25, 0.3) is 0 Å². The van der Waals surface area contributed by atoms with Gasteiger partial charge in [0.2, 0.25) is 0 Å². The van der Waals surface area contributed by atoms with Gasteiger partial charge in [-0.2, -0.15) is 0 Å². The predicted molar refractivity (Wildman–Crippen MR) is 150 cm³/mol. The average molecular weight is 547 g/mol. The van der Waals surface area contributed by atoms with Crippen LogP contribution in [-0.4, -0.2) is 18.2 Å². The van der Waals surface area contributed by atoms with Crippen molar-refractivity contribution in [2.24, 2.45) is 11.3 Å². The molecule has 2 fully saturated rings. The molecule has 0 bridgehead atoms. The summed E-state index contributed by atoms with van der Waals surface area (Å²) in [5.41, 5.74) is 4.20. The van der Waals surface area contributed by atoms with Crippen molar-refractivity contribution in [2.75, 3.05) is 7.11 Å². The van der Waals surface area contributed by atoms with E-state index in [0.29, 0.717) is 29.7 Å². The molecule has 210 valence electrons. The Labute approximate surface area is 234 Å². The van der Waals surface area contributed by atoms with Gasteiger partial charge < -0.3 is 14.6 Å². The molecule has 4 nitrogen and oxygen atoms in total. The highest BCUT2D eigenvalue weighted by atomic mass is 19.1. The van der Waals surface area contributed by atoms with Crippen LogP contribution in [0.2, 0.25) is 0 Å². The summed E-state index contributed by atoms with van der Waals surface area (Å²) < 4.78 is 42.4. The largest absolute Gasteiger partial charge is 0.497 e. The fourth-order valence-electron chi connectivity index (χ4n) is 7.49. The normalized spacial score (nSPS) is 24.5. The molecule has 1 N–H and O–H groups in total. The average Bonchev–Trinajstić information content (AvgIpc) is 3.53. The van der Waals surface area contributed by atoms with Crippen LogP contribution < -0.4 is 9.47 Å². The molecule has 0 saturated heterocycles. The number of halogens is 2. The summed E-state index contributed by atoms with van der Waals surface area (Å²) in [5.74, 6) is -1.11. The SMILES string of the molecule is COc1ccc(F)c(-c2ccc(COc3ccc4c(c3F)[C@@]3(CCC4)C[C@@H]3C(=O)O)cc2[C@@H]2CCCC2(C)C)c1. The summed E-state index contributed by atoms with van der Waals surface area (Å²) >= 11 is 0. The van der Waals surface area contributed by atoms with E-state index >= 15 is 8.78 Å². The van der Waals surface area contributed by atoms with E-state index in [1.165, 1.54) is 6.07 Å². The number of fused-ring (bicyclic) bond motifs is 2. The third kappa shape index (κ3) is 4.46. The molecule has 0 heterocycles. The molecule has 3 aromatic rings. The second kappa shape index (κ2) is 9.90. The van der Waals surface area contributed by atoms with Crippen LogP contribution in [-0.2, 0) is 23.2 Å². The second-order valence-electron chi connectivity index (χ2n) is 12.5. The van der Waals surface area contributed by atoms with Crippen molar-refractivity contribution in [3.8, 4) is 22.6 Å². The summed E-state index contributed by atoms with van der Waals surface area (Å²) in [6.45, 7) is 4.69. The standard InChI is InChI=1S/C34H36F2O4/c1-33(2)14-5-7-26(33)24-16-20(8-11-23(24)25-17-22(39-3)10-12-28(25)35)19-40-29-13-9-21-6-4-15-34(30(21)31(29)36)18-27(34)32(37)38/h8-13,16-17,26-27H,4-7,14-15,18-19H2,1-3H3,(H,37,38)/t26-,27+,34-/m0/s1. The lowest BCUT2D eigenvalue weighted by Gasteiger charge is -2.30. The first-order valence-electron chi connectivity index (χ1n) is 14.3. The number of benzene rings is 3. The molecule has 6 heteroatoms. The van der Waals surface area contributed by atoms with Crippen LogP contribution in [0.3, 0.4) is 0 Å². The zero-order chi connectivity index (χ0) is 28.2. The van der Waals surface area contributed by atoms with Crippen molar-refractivity contribution in [1.82, 2.24) is 0 Å². The number of aryl methyl sites for hydroxylation is 1. The Morgan fingerprint density at radius 3 is 2.55 bits per heavy atom. The molecule has 0 unspecified atom stereocenters. The summed E-state index contributed by atoms with van der Waals surface area (Å²) in [6.07, 6.45) is 6.02.